The molecule has 0 aliphatic carbocycles. The van der Waals surface area contributed by atoms with Crippen LogP contribution in [0.5, 0.6) is 11.5 Å². The zero-order valence-corrected chi connectivity index (χ0v) is 17.5. The van der Waals surface area contributed by atoms with Gasteiger partial charge in [0, 0.05) is 13.1 Å². The number of nitrogens with zero attached hydrogens (tertiary/aromatic N) is 1. The standard InChI is InChI=1S/C24H32N2O3/c1-3-23(29-22-13-11-21(28-2)12-14-22)24(27)25-17-19-7-9-20(10-8-19)18-26-15-5-4-6-16-26/h7-14,23H,3-6,15-18H2,1-2H3,(H,25,27)/t23-/m0/s1. The van der Waals surface area contributed by atoms with Crippen LogP contribution in [-0.2, 0) is 17.9 Å². The number of carbonyl (C=O) groups excluding carboxylic acids is 1. The number of rotatable bonds is 9. The molecule has 0 unspecified atom stereocenters. The van der Waals surface area contributed by atoms with Crippen molar-refractivity contribution in [1.29, 1.82) is 0 Å². The molecule has 2 aromatic carbocycles. The van der Waals surface area contributed by atoms with E-state index in [1.165, 1.54) is 37.9 Å². The van der Waals surface area contributed by atoms with E-state index in [1.54, 1.807) is 7.11 Å². The Balaban J connectivity index is 1.47. The van der Waals surface area contributed by atoms with Crippen LogP contribution in [0.25, 0.3) is 0 Å². The van der Waals surface area contributed by atoms with Crippen LogP contribution in [-0.4, -0.2) is 37.1 Å². The number of hydrogen-bond donors (Lipinski definition) is 1. The Labute approximate surface area is 174 Å². The number of amides is 1. The summed E-state index contributed by atoms with van der Waals surface area (Å²) < 4.78 is 11.0. The van der Waals surface area contributed by atoms with Crippen LogP contribution >= 0.6 is 0 Å². The molecule has 1 aliphatic rings. The molecule has 1 atom stereocenters. The zero-order valence-electron chi connectivity index (χ0n) is 17.5. The van der Waals surface area contributed by atoms with Crippen molar-refractivity contribution in [2.75, 3.05) is 20.2 Å². The molecule has 0 aromatic heterocycles. The minimum atomic E-state index is -0.512. The molecule has 29 heavy (non-hydrogen) atoms. The van der Waals surface area contributed by atoms with Gasteiger partial charge in [0.15, 0.2) is 6.10 Å². The average Bonchev–Trinajstić information content (AvgIpc) is 2.78. The van der Waals surface area contributed by atoms with Gasteiger partial charge in [-0.05, 0) is 67.7 Å². The van der Waals surface area contributed by atoms with Crippen LogP contribution in [0.3, 0.4) is 0 Å². The zero-order chi connectivity index (χ0) is 20.5. The van der Waals surface area contributed by atoms with E-state index in [0.717, 1.165) is 17.9 Å². The molecule has 0 bridgehead atoms. The maximum Gasteiger partial charge on any atom is 0.261 e. The van der Waals surface area contributed by atoms with Crippen molar-refractivity contribution in [2.24, 2.45) is 0 Å². The summed E-state index contributed by atoms with van der Waals surface area (Å²) in [5, 5.41) is 2.99. The molecule has 1 N–H and O–H groups in total. The Morgan fingerprint density at radius 3 is 2.21 bits per heavy atom. The highest BCUT2D eigenvalue weighted by molar-refractivity contribution is 5.81. The normalized spacial score (nSPS) is 15.5. The first-order valence-corrected chi connectivity index (χ1v) is 10.6. The van der Waals surface area contributed by atoms with E-state index in [0.29, 0.717) is 18.7 Å². The molecule has 1 saturated heterocycles. The molecule has 1 amide bonds. The maximum absolute atomic E-state index is 12.5. The molecule has 3 rings (SSSR count). The lowest BCUT2D eigenvalue weighted by Crippen LogP contribution is -2.37. The Hall–Kier alpha value is -2.53. The second kappa shape index (κ2) is 10.9. The van der Waals surface area contributed by atoms with Gasteiger partial charge in [-0.3, -0.25) is 9.69 Å². The lowest BCUT2D eigenvalue weighted by molar-refractivity contribution is -0.128. The summed E-state index contributed by atoms with van der Waals surface area (Å²) in [6.07, 6.45) is 4.06. The van der Waals surface area contributed by atoms with Crippen LogP contribution in [0.4, 0.5) is 0 Å². The number of benzene rings is 2. The lowest BCUT2D eigenvalue weighted by atomic mass is 10.1. The van der Waals surface area contributed by atoms with Gasteiger partial charge < -0.3 is 14.8 Å². The van der Waals surface area contributed by atoms with Gasteiger partial charge in [-0.1, -0.05) is 37.6 Å². The summed E-state index contributed by atoms with van der Waals surface area (Å²) in [5.74, 6) is 1.33. The first-order chi connectivity index (χ1) is 14.2. The van der Waals surface area contributed by atoms with Gasteiger partial charge in [-0.15, -0.1) is 0 Å². The van der Waals surface area contributed by atoms with Crippen molar-refractivity contribution in [2.45, 2.75) is 51.8 Å². The third-order valence-corrected chi connectivity index (χ3v) is 5.35. The summed E-state index contributed by atoms with van der Waals surface area (Å²) in [7, 11) is 1.62. The highest BCUT2D eigenvalue weighted by Crippen LogP contribution is 2.19. The van der Waals surface area contributed by atoms with Crippen molar-refractivity contribution in [3.63, 3.8) is 0 Å². The van der Waals surface area contributed by atoms with Gasteiger partial charge in [-0.25, -0.2) is 0 Å². The van der Waals surface area contributed by atoms with Crippen LogP contribution in [0.1, 0.15) is 43.7 Å². The van der Waals surface area contributed by atoms with E-state index in [2.05, 4.69) is 34.5 Å². The smallest absolute Gasteiger partial charge is 0.261 e. The van der Waals surface area contributed by atoms with E-state index in [4.69, 9.17) is 9.47 Å². The Morgan fingerprint density at radius 1 is 0.966 bits per heavy atom. The summed E-state index contributed by atoms with van der Waals surface area (Å²) in [6, 6.07) is 15.8. The fourth-order valence-corrected chi connectivity index (χ4v) is 3.58. The van der Waals surface area contributed by atoms with Crippen molar-refractivity contribution >= 4 is 5.91 Å². The Morgan fingerprint density at radius 2 is 1.59 bits per heavy atom. The molecular formula is C24H32N2O3. The van der Waals surface area contributed by atoms with Crippen molar-refractivity contribution < 1.29 is 14.3 Å². The molecule has 1 aliphatic heterocycles. The van der Waals surface area contributed by atoms with E-state index >= 15 is 0 Å². The van der Waals surface area contributed by atoms with Crippen molar-refractivity contribution in [1.82, 2.24) is 10.2 Å². The predicted octanol–water partition coefficient (Wildman–Crippen LogP) is 4.15. The number of nitrogens with one attached hydrogen (secondary N) is 1. The number of likely N-dealkylation sites (tertiary alicyclic amines) is 1. The number of carbonyl (C=O) groups is 1. The van der Waals surface area contributed by atoms with Gasteiger partial charge >= 0.3 is 0 Å². The molecule has 5 nitrogen and oxygen atoms in total. The second-order valence-electron chi connectivity index (χ2n) is 7.56. The van der Waals surface area contributed by atoms with Gasteiger partial charge in [-0.2, -0.15) is 0 Å². The van der Waals surface area contributed by atoms with Gasteiger partial charge in [0.1, 0.15) is 11.5 Å². The SMILES string of the molecule is CC[C@H](Oc1ccc(OC)cc1)C(=O)NCc1ccc(CN2CCCCC2)cc1. The van der Waals surface area contributed by atoms with Crippen molar-refractivity contribution in [3.8, 4) is 11.5 Å². The number of methoxy groups -OCH3 is 1. The highest BCUT2D eigenvalue weighted by Gasteiger charge is 2.18. The molecule has 5 heteroatoms. The average molecular weight is 397 g/mol. The molecule has 2 aromatic rings. The Bertz CT molecular complexity index is 753. The van der Waals surface area contributed by atoms with Crippen LogP contribution < -0.4 is 14.8 Å². The fraction of sp³-hybridized carbons (Fsp3) is 0.458. The largest absolute Gasteiger partial charge is 0.497 e. The molecule has 0 spiro atoms. The molecular weight excluding hydrogens is 364 g/mol. The maximum atomic E-state index is 12.5. The van der Waals surface area contributed by atoms with Gasteiger partial charge in [0.05, 0.1) is 7.11 Å². The Kier molecular flexibility index (Phi) is 7.94. The first kappa shape index (κ1) is 21.2. The van der Waals surface area contributed by atoms with E-state index in [9.17, 15) is 4.79 Å². The van der Waals surface area contributed by atoms with Crippen LogP contribution in [0.2, 0.25) is 0 Å². The third-order valence-electron chi connectivity index (χ3n) is 5.35. The number of hydrogen-bond acceptors (Lipinski definition) is 4. The topological polar surface area (TPSA) is 50.8 Å². The molecule has 0 radical (unpaired) electrons. The molecule has 0 saturated carbocycles. The minimum absolute atomic E-state index is 0.0966. The quantitative estimate of drug-likeness (QED) is 0.692. The third kappa shape index (κ3) is 6.50. The van der Waals surface area contributed by atoms with Crippen LogP contribution in [0.15, 0.2) is 48.5 Å². The predicted molar refractivity (Wildman–Crippen MR) is 115 cm³/mol. The van der Waals surface area contributed by atoms with E-state index < -0.39 is 6.10 Å². The summed E-state index contributed by atoms with van der Waals surface area (Å²) in [6.45, 7) is 5.86. The monoisotopic (exact) mass is 396 g/mol. The van der Waals surface area contributed by atoms with E-state index in [1.807, 2.05) is 31.2 Å². The molecule has 1 heterocycles. The first-order valence-electron chi connectivity index (χ1n) is 10.6. The highest BCUT2D eigenvalue weighted by atomic mass is 16.5. The fourth-order valence-electron chi connectivity index (χ4n) is 3.58. The minimum Gasteiger partial charge on any atom is -0.497 e. The van der Waals surface area contributed by atoms with E-state index in [-0.39, 0.29) is 5.91 Å². The molecule has 1 fully saturated rings. The summed E-state index contributed by atoms with van der Waals surface area (Å²) >= 11 is 0. The number of piperidine rings is 1. The lowest BCUT2D eigenvalue weighted by Gasteiger charge is -2.26. The number of ether oxygens (including phenoxy) is 2. The molecule has 156 valence electrons. The summed E-state index contributed by atoms with van der Waals surface area (Å²) in [4.78, 5) is 15.1. The second-order valence-corrected chi connectivity index (χ2v) is 7.56. The van der Waals surface area contributed by atoms with Gasteiger partial charge in [0.2, 0.25) is 0 Å². The van der Waals surface area contributed by atoms with Gasteiger partial charge in [0.25, 0.3) is 5.91 Å². The summed E-state index contributed by atoms with van der Waals surface area (Å²) in [5.41, 5.74) is 2.43. The van der Waals surface area contributed by atoms with Crippen LogP contribution in [0, 0.1) is 0 Å². The van der Waals surface area contributed by atoms with Crippen molar-refractivity contribution in [3.05, 3.63) is 59.7 Å².